The van der Waals surface area contributed by atoms with Gasteiger partial charge in [0.15, 0.2) is 5.82 Å². The van der Waals surface area contributed by atoms with Crippen LogP contribution in [0, 0.1) is 24.0 Å². The van der Waals surface area contributed by atoms with Gasteiger partial charge in [-0.1, -0.05) is 11.6 Å². The molecule has 3 aromatic heterocycles. The number of aromatic nitrogens is 4. The van der Waals surface area contributed by atoms with Gasteiger partial charge in [-0.25, -0.2) is 14.6 Å². The Hall–Kier alpha value is -3.53. The summed E-state index contributed by atoms with van der Waals surface area (Å²) in [4.78, 5) is 35.7. The topological polar surface area (TPSA) is 110 Å². The monoisotopic (exact) mass is 441 g/mol. The molecule has 0 atom stereocenters. The summed E-state index contributed by atoms with van der Waals surface area (Å²) in [5, 5.41) is 15.5. The zero-order valence-corrected chi connectivity index (χ0v) is 17.8. The summed E-state index contributed by atoms with van der Waals surface area (Å²) in [7, 11) is 0. The smallest absolute Gasteiger partial charge is 0.287 e. The average Bonchev–Trinajstić information content (AvgIpc) is 3.11. The number of amides is 1. The fraction of sp³-hybridized carbons (Fsp3) is 0.300. The quantitative estimate of drug-likeness (QED) is 0.452. The number of pyridine rings is 2. The predicted octanol–water partition coefficient (Wildman–Crippen LogP) is 2.80. The molecule has 1 amide bonds. The van der Waals surface area contributed by atoms with Gasteiger partial charge in [0.25, 0.3) is 11.6 Å². The van der Waals surface area contributed by atoms with E-state index in [1.807, 2.05) is 24.8 Å². The fourth-order valence-electron chi connectivity index (χ4n) is 3.52. The standard InChI is InChI=1S/C20H20ClN7O3/c1-13-11-14(2)27(24-13)18-6-4-16(21)19(23-18)20(29)26-9-7-25(8-10-26)17-5-3-15(12-22-17)28(30)31/h3-6,11-12H,7-10H2,1-2H3. The van der Waals surface area contributed by atoms with Crippen LogP contribution in [0.4, 0.5) is 11.5 Å². The second-order valence-electron chi connectivity index (χ2n) is 7.25. The van der Waals surface area contributed by atoms with Crippen molar-refractivity contribution in [1.82, 2.24) is 24.6 Å². The molecule has 1 saturated heterocycles. The van der Waals surface area contributed by atoms with Crippen LogP contribution < -0.4 is 4.90 Å². The Balaban J connectivity index is 1.48. The van der Waals surface area contributed by atoms with Crippen molar-refractivity contribution in [3.8, 4) is 5.82 Å². The molecule has 4 heterocycles. The maximum atomic E-state index is 13.1. The van der Waals surface area contributed by atoms with E-state index in [0.29, 0.717) is 37.8 Å². The van der Waals surface area contributed by atoms with Crippen LogP contribution in [0.1, 0.15) is 21.9 Å². The van der Waals surface area contributed by atoms with Crippen LogP contribution in [0.15, 0.2) is 36.5 Å². The average molecular weight is 442 g/mol. The van der Waals surface area contributed by atoms with Gasteiger partial charge in [-0.2, -0.15) is 5.10 Å². The molecule has 3 aromatic rings. The third-order valence-corrected chi connectivity index (χ3v) is 5.40. The van der Waals surface area contributed by atoms with Crippen LogP contribution in [0.3, 0.4) is 0 Å². The number of anilines is 1. The Morgan fingerprint density at radius 2 is 1.81 bits per heavy atom. The van der Waals surface area contributed by atoms with Gasteiger partial charge in [-0.3, -0.25) is 14.9 Å². The number of carbonyl (C=O) groups excluding carboxylic acids is 1. The minimum Gasteiger partial charge on any atom is -0.353 e. The van der Waals surface area contributed by atoms with Gasteiger partial charge >= 0.3 is 0 Å². The maximum absolute atomic E-state index is 13.1. The zero-order chi connectivity index (χ0) is 22.1. The molecule has 0 spiro atoms. The van der Waals surface area contributed by atoms with Gasteiger partial charge in [0.2, 0.25) is 0 Å². The van der Waals surface area contributed by atoms with Crippen LogP contribution in [0.2, 0.25) is 5.02 Å². The van der Waals surface area contributed by atoms with E-state index in [-0.39, 0.29) is 22.3 Å². The summed E-state index contributed by atoms with van der Waals surface area (Å²) in [6.07, 6.45) is 1.24. The molecule has 0 aromatic carbocycles. The SMILES string of the molecule is Cc1cc(C)n(-c2ccc(Cl)c(C(=O)N3CCN(c4ccc([N+](=O)[O-])cn4)CC3)n2)n1. The van der Waals surface area contributed by atoms with Crippen LogP contribution in [0.25, 0.3) is 5.82 Å². The normalized spacial score (nSPS) is 14.0. The molecule has 1 aliphatic heterocycles. The van der Waals surface area contributed by atoms with E-state index < -0.39 is 4.92 Å². The first-order chi connectivity index (χ1) is 14.8. The van der Waals surface area contributed by atoms with E-state index >= 15 is 0 Å². The third-order valence-electron chi connectivity index (χ3n) is 5.09. The molecular formula is C20H20ClN7O3. The molecular weight excluding hydrogens is 422 g/mol. The number of piperazine rings is 1. The molecule has 11 heteroatoms. The van der Waals surface area contributed by atoms with Crippen LogP contribution in [0.5, 0.6) is 0 Å². The first-order valence-corrected chi connectivity index (χ1v) is 10.1. The summed E-state index contributed by atoms with van der Waals surface area (Å²) in [6, 6.07) is 8.37. The van der Waals surface area contributed by atoms with Crippen molar-refractivity contribution in [2.24, 2.45) is 0 Å². The first-order valence-electron chi connectivity index (χ1n) is 9.68. The minimum absolute atomic E-state index is 0.0548. The van der Waals surface area contributed by atoms with E-state index in [2.05, 4.69) is 15.1 Å². The van der Waals surface area contributed by atoms with Crippen molar-refractivity contribution >= 4 is 29.0 Å². The number of rotatable bonds is 4. The molecule has 10 nitrogen and oxygen atoms in total. The highest BCUT2D eigenvalue weighted by Gasteiger charge is 2.26. The van der Waals surface area contributed by atoms with E-state index in [9.17, 15) is 14.9 Å². The van der Waals surface area contributed by atoms with Gasteiger partial charge in [-0.15, -0.1) is 0 Å². The Kier molecular flexibility index (Phi) is 5.55. The van der Waals surface area contributed by atoms with E-state index in [4.69, 9.17) is 11.6 Å². The van der Waals surface area contributed by atoms with Crippen LogP contribution >= 0.6 is 11.6 Å². The largest absolute Gasteiger partial charge is 0.353 e. The lowest BCUT2D eigenvalue weighted by Gasteiger charge is -2.35. The molecule has 1 aliphatic rings. The summed E-state index contributed by atoms with van der Waals surface area (Å²) < 4.78 is 1.68. The van der Waals surface area contributed by atoms with Gasteiger partial charge in [0.1, 0.15) is 17.7 Å². The van der Waals surface area contributed by atoms with E-state index in [1.165, 1.54) is 12.3 Å². The molecule has 0 radical (unpaired) electrons. The number of aryl methyl sites for hydroxylation is 2. The van der Waals surface area contributed by atoms with Crippen molar-refractivity contribution in [2.75, 3.05) is 31.1 Å². The van der Waals surface area contributed by atoms with E-state index in [0.717, 1.165) is 11.4 Å². The summed E-state index contributed by atoms with van der Waals surface area (Å²) >= 11 is 6.29. The number of carbonyl (C=O) groups is 1. The first kappa shape index (κ1) is 20.7. The highest BCUT2D eigenvalue weighted by molar-refractivity contribution is 6.33. The Bertz CT molecular complexity index is 1140. The van der Waals surface area contributed by atoms with Crippen molar-refractivity contribution in [3.05, 3.63) is 68.7 Å². The number of nitrogens with zero attached hydrogens (tertiary/aromatic N) is 7. The second-order valence-corrected chi connectivity index (χ2v) is 7.66. The van der Waals surface area contributed by atoms with Crippen LogP contribution in [-0.4, -0.2) is 61.7 Å². The molecule has 0 bridgehead atoms. The predicted molar refractivity (Wildman–Crippen MR) is 115 cm³/mol. The van der Waals surface area contributed by atoms with Crippen LogP contribution in [-0.2, 0) is 0 Å². The minimum atomic E-state index is -0.482. The lowest BCUT2D eigenvalue weighted by Crippen LogP contribution is -2.49. The molecule has 4 rings (SSSR count). The number of hydrogen-bond acceptors (Lipinski definition) is 7. The second kappa shape index (κ2) is 8.31. The highest BCUT2D eigenvalue weighted by Crippen LogP contribution is 2.22. The van der Waals surface area contributed by atoms with Crippen molar-refractivity contribution in [2.45, 2.75) is 13.8 Å². The number of nitro groups is 1. The van der Waals surface area contributed by atoms with Crippen molar-refractivity contribution in [3.63, 3.8) is 0 Å². The molecule has 0 unspecified atom stereocenters. The lowest BCUT2D eigenvalue weighted by atomic mass is 10.2. The Morgan fingerprint density at radius 3 is 2.39 bits per heavy atom. The van der Waals surface area contributed by atoms with Gasteiger partial charge in [0, 0.05) is 37.9 Å². The van der Waals surface area contributed by atoms with Gasteiger partial charge in [-0.05, 0) is 38.1 Å². The number of hydrogen-bond donors (Lipinski definition) is 0. The lowest BCUT2D eigenvalue weighted by molar-refractivity contribution is -0.385. The summed E-state index contributed by atoms with van der Waals surface area (Å²) in [5.41, 5.74) is 1.91. The summed E-state index contributed by atoms with van der Waals surface area (Å²) in [6.45, 7) is 5.82. The van der Waals surface area contributed by atoms with Gasteiger partial charge < -0.3 is 9.80 Å². The summed E-state index contributed by atoms with van der Waals surface area (Å²) in [5.74, 6) is 0.928. The van der Waals surface area contributed by atoms with Crippen molar-refractivity contribution in [1.29, 1.82) is 0 Å². The van der Waals surface area contributed by atoms with Gasteiger partial charge in [0.05, 0.1) is 15.6 Å². The maximum Gasteiger partial charge on any atom is 0.287 e. The Labute approximate surface area is 183 Å². The fourth-order valence-corrected chi connectivity index (χ4v) is 3.71. The molecule has 31 heavy (non-hydrogen) atoms. The highest BCUT2D eigenvalue weighted by atomic mass is 35.5. The molecule has 160 valence electrons. The van der Waals surface area contributed by atoms with Crippen molar-refractivity contribution < 1.29 is 9.72 Å². The molecule has 0 aliphatic carbocycles. The van der Waals surface area contributed by atoms with E-state index in [1.54, 1.807) is 27.8 Å². The zero-order valence-electron chi connectivity index (χ0n) is 17.0. The molecule has 0 N–H and O–H groups in total. The Morgan fingerprint density at radius 1 is 1.10 bits per heavy atom. The third kappa shape index (κ3) is 4.19. The molecule has 0 saturated carbocycles. The number of halogens is 1. The molecule has 1 fully saturated rings.